The first kappa shape index (κ1) is 16.2. The predicted octanol–water partition coefficient (Wildman–Crippen LogP) is 2.33. The lowest BCUT2D eigenvalue weighted by molar-refractivity contribution is -0.122. The van der Waals surface area contributed by atoms with E-state index in [0.717, 1.165) is 5.56 Å². The molecule has 0 unspecified atom stereocenters. The van der Waals surface area contributed by atoms with Crippen molar-refractivity contribution in [2.45, 2.75) is 32.4 Å². The molecule has 24 heavy (non-hydrogen) atoms. The number of nitrogens with one attached hydrogen (secondary N) is 1. The first-order valence-corrected chi connectivity index (χ1v) is 7.92. The van der Waals surface area contributed by atoms with E-state index in [-0.39, 0.29) is 29.8 Å². The molecule has 0 bridgehead atoms. The topological polar surface area (TPSA) is 60.3 Å². The molecule has 0 aliphatic carbocycles. The molecule has 126 valence electrons. The second-order valence-electron chi connectivity index (χ2n) is 5.94. The van der Waals surface area contributed by atoms with Crippen molar-refractivity contribution < 1.29 is 13.9 Å². The third-order valence-electron chi connectivity index (χ3n) is 4.06. The summed E-state index contributed by atoms with van der Waals surface area (Å²) in [6.07, 6.45) is 2.97. The van der Waals surface area contributed by atoms with Crippen LogP contribution in [0.15, 0.2) is 41.3 Å². The first-order valence-electron chi connectivity index (χ1n) is 7.92. The number of hydrogen-bond acceptors (Lipinski definition) is 3. The second kappa shape index (κ2) is 6.86. The number of para-hydroxylation sites is 1. The summed E-state index contributed by atoms with van der Waals surface area (Å²) < 4.78 is 20.7. The molecule has 0 saturated heterocycles. The largest absolute Gasteiger partial charge is 0.490 e. The summed E-state index contributed by atoms with van der Waals surface area (Å²) in [7, 11) is 0. The molecule has 6 heteroatoms. The van der Waals surface area contributed by atoms with Gasteiger partial charge in [-0.3, -0.25) is 9.59 Å². The van der Waals surface area contributed by atoms with Crippen molar-refractivity contribution in [1.82, 2.24) is 9.88 Å². The van der Waals surface area contributed by atoms with Crippen LogP contribution in [0.4, 0.5) is 4.39 Å². The van der Waals surface area contributed by atoms with Crippen molar-refractivity contribution in [3.05, 3.63) is 63.8 Å². The van der Waals surface area contributed by atoms with Gasteiger partial charge >= 0.3 is 0 Å². The van der Waals surface area contributed by atoms with Gasteiger partial charge in [0.2, 0.25) is 5.91 Å². The number of pyridine rings is 1. The van der Waals surface area contributed by atoms with E-state index in [0.29, 0.717) is 25.0 Å². The molecule has 1 aromatic carbocycles. The van der Waals surface area contributed by atoms with Crippen molar-refractivity contribution in [2.24, 2.45) is 0 Å². The van der Waals surface area contributed by atoms with Crippen LogP contribution in [0.1, 0.15) is 30.0 Å². The lowest BCUT2D eigenvalue weighted by Gasteiger charge is -2.19. The predicted molar refractivity (Wildman–Crippen MR) is 87.5 cm³/mol. The average Bonchev–Trinajstić information content (AvgIpc) is 2.74. The zero-order valence-corrected chi connectivity index (χ0v) is 13.4. The van der Waals surface area contributed by atoms with E-state index in [9.17, 15) is 14.0 Å². The van der Waals surface area contributed by atoms with Crippen LogP contribution in [0.3, 0.4) is 0 Å². The number of carbonyl (C=O) groups is 1. The maximum absolute atomic E-state index is 13.9. The van der Waals surface area contributed by atoms with Crippen molar-refractivity contribution >= 4 is 5.91 Å². The minimum Gasteiger partial charge on any atom is -0.490 e. The molecule has 1 N–H and O–H groups in total. The number of benzene rings is 1. The number of halogens is 1. The molecular weight excluding hydrogens is 311 g/mol. The Balaban J connectivity index is 1.77. The van der Waals surface area contributed by atoms with E-state index in [4.69, 9.17) is 4.74 Å². The molecule has 0 radical (unpaired) electrons. The summed E-state index contributed by atoms with van der Waals surface area (Å²) >= 11 is 0. The van der Waals surface area contributed by atoms with Crippen LogP contribution < -0.4 is 15.6 Å². The highest BCUT2D eigenvalue weighted by molar-refractivity contribution is 5.76. The molecule has 1 aromatic heterocycles. The Morgan fingerprint density at radius 3 is 3.04 bits per heavy atom. The summed E-state index contributed by atoms with van der Waals surface area (Å²) in [4.78, 5) is 24.2. The van der Waals surface area contributed by atoms with Gasteiger partial charge in [0, 0.05) is 17.8 Å². The van der Waals surface area contributed by atoms with E-state index >= 15 is 0 Å². The number of rotatable bonds is 3. The molecule has 2 heterocycles. The smallest absolute Gasteiger partial charge is 0.251 e. The van der Waals surface area contributed by atoms with Gasteiger partial charge in [-0.1, -0.05) is 12.1 Å². The summed E-state index contributed by atoms with van der Waals surface area (Å²) in [6.45, 7) is 2.17. The van der Waals surface area contributed by atoms with Gasteiger partial charge in [-0.15, -0.1) is 0 Å². The highest BCUT2D eigenvalue weighted by Gasteiger charge is 2.23. The molecule has 2 aromatic rings. The molecule has 3 rings (SSSR count). The Labute approximate surface area is 139 Å². The summed E-state index contributed by atoms with van der Waals surface area (Å²) in [5.74, 6) is -0.515. The SMILES string of the molecule is Cc1ccn(CC(=O)N[C@@H]2CCCOc3c(F)cccc32)c(=O)c1. The third kappa shape index (κ3) is 3.48. The summed E-state index contributed by atoms with van der Waals surface area (Å²) in [5, 5.41) is 2.89. The minimum absolute atomic E-state index is 0.0683. The highest BCUT2D eigenvalue weighted by Crippen LogP contribution is 2.33. The Morgan fingerprint density at radius 1 is 1.42 bits per heavy atom. The number of ether oxygens (including phenoxy) is 1. The lowest BCUT2D eigenvalue weighted by Crippen LogP contribution is -2.34. The molecular formula is C18H19FN2O3. The zero-order chi connectivity index (χ0) is 17.1. The fraction of sp³-hybridized carbons (Fsp3) is 0.333. The number of hydrogen-bond donors (Lipinski definition) is 1. The molecule has 0 spiro atoms. The van der Waals surface area contributed by atoms with Crippen LogP contribution >= 0.6 is 0 Å². The van der Waals surface area contributed by atoms with Gasteiger partial charge < -0.3 is 14.6 Å². The quantitative estimate of drug-likeness (QED) is 0.939. The van der Waals surface area contributed by atoms with Gasteiger partial charge in [-0.2, -0.15) is 0 Å². The summed E-state index contributed by atoms with van der Waals surface area (Å²) in [6, 6.07) is 7.64. The van der Waals surface area contributed by atoms with Crippen LogP contribution in [0.5, 0.6) is 5.75 Å². The molecule has 1 amide bonds. The van der Waals surface area contributed by atoms with Crippen LogP contribution in [0.25, 0.3) is 0 Å². The van der Waals surface area contributed by atoms with E-state index in [1.807, 2.05) is 6.92 Å². The monoisotopic (exact) mass is 330 g/mol. The Bertz CT molecular complexity index is 816. The molecule has 5 nitrogen and oxygen atoms in total. The first-order chi connectivity index (χ1) is 11.5. The standard InChI is InChI=1S/C18H19FN2O3/c1-12-7-8-21(17(23)10-12)11-16(22)20-15-6-3-9-24-18-13(15)4-2-5-14(18)19/h2,4-5,7-8,10,15H,3,6,9,11H2,1H3,(H,20,22)/t15-/m1/s1. The van der Waals surface area contributed by atoms with E-state index < -0.39 is 5.82 Å². The number of aryl methyl sites for hydroxylation is 1. The number of amides is 1. The van der Waals surface area contributed by atoms with Crippen molar-refractivity contribution in [3.8, 4) is 5.75 Å². The molecule has 0 fully saturated rings. The average molecular weight is 330 g/mol. The van der Waals surface area contributed by atoms with Crippen molar-refractivity contribution in [2.75, 3.05) is 6.61 Å². The van der Waals surface area contributed by atoms with Gasteiger partial charge in [-0.05, 0) is 37.5 Å². The van der Waals surface area contributed by atoms with Crippen LogP contribution in [0.2, 0.25) is 0 Å². The van der Waals surface area contributed by atoms with Gasteiger partial charge in [0.25, 0.3) is 5.56 Å². The van der Waals surface area contributed by atoms with Gasteiger partial charge in [-0.25, -0.2) is 4.39 Å². The van der Waals surface area contributed by atoms with Crippen molar-refractivity contribution in [1.29, 1.82) is 0 Å². The number of fused-ring (bicyclic) bond motifs is 1. The Kier molecular flexibility index (Phi) is 4.64. The van der Waals surface area contributed by atoms with Crippen LogP contribution in [-0.4, -0.2) is 17.1 Å². The Hall–Kier alpha value is -2.63. The number of aromatic nitrogens is 1. The number of carbonyl (C=O) groups excluding carboxylic acids is 1. The van der Waals surface area contributed by atoms with Crippen LogP contribution in [0, 0.1) is 12.7 Å². The fourth-order valence-corrected chi connectivity index (χ4v) is 2.85. The molecule has 1 atom stereocenters. The zero-order valence-electron chi connectivity index (χ0n) is 13.4. The fourth-order valence-electron chi connectivity index (χ4n) is 2.85. The van der Waals surface area contributed by atoms with Gasteiger partial charge in [0.1, 0.15) is 6.54 Å². The minimum atomic E-state index is -0.427. The second-order valence-corrected chi connectivity index (χ2v) is 5.94. The molecule has 1 aliphatic rings. The lowest BCUT2D eigenvalue weighted by atomic mass is 10.0. The van der Waals surface area contributed by atoms with Crippen LogP contribution in [-0.2, 0) is 11.3 Å². The molecule has 1 aliphatic heterocycles. The normalized spacial score (nSPS) is 16.7. The van der Waals surface area contributed by atoms with Crippen molar-refractivity contribution in [3.63, 3.8) is 0 Å². The van der Waals surface area contributed by atoms with E-state index in [2.05, 4.69) is 5.32 Å². The highest BCUT2D eigenvalue weighted by atomic mass is 19.1. The summed E-state index contributed by atoms with van der Waals surface area (Å²) in [5.41, 5.74) is 1.26. The van der Waals surface area contributed by atoms with Gasteiger partial charge in [0.05, 0.1) is 12.6 Å². The van der Waals surface area contributed by atoms with Gasteiger partial charge in [0.15, 0.2) is 11.6 Å². The maximum Gasteiger partial charge on any atom is 0.251 e. The van der Waals surface area contributed by atoms with E-state index in [1.54, 1.807) is 24.4 Å². The Morgan fingerprint density at radius 2 is 2.25 bits per heavy atom. The third-order valence-corrected chi connectivity index (χ3v) is 4.06. The number of nitrogens with zero attached hydrogens (tertiary/aromatic N) is 1. The van der Waals surface area contributed by atoms with E-state index in [1.165, 1.54) is 16.7 Å². The molecule has 0 saturated carbocycles. The maximum atomic E-state index is 13.9.